The van der Waals surface area contributed by atoms with Crippen molar-refractivity contribution in [1.29, 1.82) is 0 Å². The summed E-state index contributed by atoms with van der Waals surface area (Å²) in [6.07, 6.45) is 2.45. The monoisotopic (exact) mass is 294 g/mol. The molecule has 2 nitrogen and oxygen atoms in total. The fourth-order valence-corrected chi connectivity index (χ4v) is 2.37. The molecule has 0 N–H and O–H groups in total. The predicted molar refractivity (Wildman–Crippen MR) is 89.5 cm³/mol. The Kier molecular flexibility index (Phi) is 5.65. The molecule has 0 fully saturated rings. The van der Waals surface area contributed by atoms with E-state index in [1.807, 2.05) is 48.5 Å². The highest BCUT2D eigenvalue weighted by atomic mass is 16.1. The molecule has 0 heterocycles. The molecule has 22 heavy (non-hydrogen) atoms. The second-order valence-corrected chi connectivity index (χ2v) is 5.45. The van der Waals surface area contributed by atoms with E-state index in [4.69, 9.17) is 0 Å². The molecule has 0 bridgehead atoms. The number of rotatable bonds is 7. The van der Waals surface area contributed by atoms with Crippen LogP contribution in [0, 0.1) is 0 Å². The van der Waals surface area contributed by atoms with Crippen LogP contribution in [0.5, 0.6) is 0 Å². The number of carbonyl (C=O) groups excluding carboxylic acids is 2. The van der Waals surface area contributed by atoms with Gasteiger partial charge in [0.1, 0.15) is 0 Å². The summed E-state index contributed by atoms with van der Waals surface area (Å²) in [4.78, 5) is 24.3. The molecule has 2 aromatic rings. The number of Topliss-reactive ketones (excluding diaryl/α,β-unsaturated/α-hetero) is 2. The molecule has 0 radical (unpaired) electrons. The highest BCUT2D eigenvalue weighted by Gasteiger charge is 2.11. The number of hydrogen-bond acceptors (Lipinski definition) is 2. The van der Waals surface area contributed by atoms with Crippen LogP contribution in [0.3, 0.4) is 0 Å². The van der Waals surface area contributed by atoms with Gasteiger partial charge in [-0.3, -0.25) is 9.59 Å². The molecule has 0 saturated heterocycles. The van der Waals surface area contributed by atoms with Crippen LogP contribution in [0.4, 0.5) is 0 Å². The van der Waals surface area contributed by atoms with Crippen molar-refractivity contribution in [3.63, 3.8) is 0 Å². The Morgan fingerprint density at radius 2 is 0.955 bits per heavy atom. The molecular weight excluding hydrogens is 272 g/mol. The normalized spacial score (nSPS) is 10.5. The quantitative estimate of drug-likeness (QED) is 0.696. The van der Waals surface area contributed by atoms with E-state index in [2.05, 4.69) is 13.8 Å². The van der Waals surface area contributed by atoms with Crippen molar-refractivity contribution in [2.75, 3.05) is 0 Å². The zero-order valence-corrected chi connectivity index (χ0v) is 13.3. The van der Waals surface area contributed by atoms with Gasteiger partial charge in [0.2, 0.25) is 0 Å². The third kappa shape index (κ3) is 4.14. The van der Waals surface area contributed by atoms with Crippen LogP contribution >= 0.6 is 0 Å². The summed E-state index contributed by atoms with van der Waals surface area (Å²) in [5, 5.41) is 0. The fourth-order valence-electron chi connectivity index (χ4n) is 2.37. The molecule has 0 amide bonds. The number of benzene rings is 2. The minimum atomic E-state index is 0.0289. The van der Waals surface area contributed by atoms with E-state index in [1.54, 1.807) is 0 Å². The molecule has 0 saturated carbocycles. The van der Waals surface area contributed by atoms with E-state index in [1.165, 1.54) is 11.1 Å². The van der Waals surface area contributed by atoms with Gasteiger partial charge in [-0.15, -0.1) is 0 Å². The standard InChI is InChI=1S/C20H22O2/c1-3-15-5-9-17(10-6-15)19(21)13-14-20(22)18-11-7-16(4-2)8-12-18/h5-12H,3-4,13-14H2,1-2H3. The number of ketones is 2. The number of hydrogen-bond donors (Lipinski definition) is 0. The maximum absolute atomic E-state index is 12.1. The van der Waals surface area contributed by atoms with Crippen LogP contribution < -0.4 is 0 Å². The lowest BCUT2D eigenvalue weighted by Crippen LogP contribution is -2.05. The van der Waals surface area contributed by atoms with E-state index in [-0.39, 0.29) is 24.4 Å². The van der Waals surface area contributed by atoms with Gasteiger partial charge in [0.05, 0.1) is 0 Å². The SMILES string of the molecule is CCc1ccc(C(=O)CCC(=O)c2ccc(CC)cc2)cc1. The van der Waals surface area contributed by atoms with Gasteiger partial charge in [0.15, 0.2) is 11.6 Å². The highest BCUT2D eigenvalue weighted by molar-refractivity contribution is 6.02. The molecular formula is C20H22O2. The zero-order valence-electron chi connectivity index (χ0n) is 13.3. The Morgan fingerprint density at radius 1 is 0.636 bits per heavy atom. The van der Waals surface area contributed by atoms with Crippen molar-refractivity contribution in [2.45, 2.75) is 39.5 Å². The van der Waals surface area contributed by atoms with Crippen molar-refractivity contribution < 1.29 is 9.59 Å². The lowest BCUT2D eigenvalue weighted by molar-refractivity contribution is 0.0917. The summed E-state index contributed by atoms with van der Waals surface area (Å²) < 4.78 is 0. The lowest BCUT2D eigenvalue weighted by Gasteiger charge is -2.04. The van der Waals surface area contributed by atoms with Crippen molar-refractivity contribution in [1.82, 2.24) is 0 Å². The summed E-state index contributed by atoms with van der Waals surface area (Å²) >= 11 is 0. The van der Waals surface area contributed by atoms with Crippen LogP contribution in [0.2, 0.25) is 0 Å². The van der Waals surface area contributed by atoms with Gasteiger partial charge in [-0.05, 0) is 24.0 Å². The van der Waals surface area contributed by atoms with Crippen LogP contribution in [-0.4, -0.2) is 11.6 Å². The molecule has 2 rings (SSSR count). The number of aryl methyl sites for hydroxylation is 2. The molecule has 2 heteroatoms. The average molecular weight is 294 g/mol. The van der Waals surface area contributed by atoms with Crippen LogP contribution in [0.15, 0.2) is 48.5 Å². The molecule has 0 aliphatic rings. The van der Waals surface area contributed by atoms with E-state index in [0.717, 1.165) is 12.8 Å². The fraction of sp³-hybridized carbons (Fsp3) is 0.300. The smallest absolute Gasteiger partial charge is 0.163 e. The van der Waals surface area contributed by atoms with Gasteiger partial charge in [0, 0.05) is 24.0 Å². The second kappa shape index (κ2) is 7.69. The summed E-state index contributed by atoms with van der Waals surface area (Å²) in [7, 11) is 0. The molecule has 0 aliphatic carbocycles. The first-order valence-electron chi connectivity index (χ1n) is 7.88. The first-order chi connectivity index (χ1) is 10.6. The summed E-state index contributed by atoms with van der Waals surface area (Å²) in [5.41, 5.74) is 3.80. The third-order valence-electron chi connectivity index (χ3n) is 3.95. The Hall–Kier alpha value is -2.22. The maximum Gasteiger partial charge on any atom is 0.163 e. The average Bonchev–Trinajstić information content (AvgIpc) is 2.59. The second-order valence-electron chi connectivity index (χ2n) is 5.45. The first kappa shape index (κ1) is 16.2. The largest absolute Gasteiger partial charge is 0.294 e. The Bertz CT molecular complexity index is 577. The van der Waals surface area contributed by atoms with Crippen molar-refractivity contribution >= 4 is 11.6 Å². The maximum atomic E-state index is 12.1. The van der Waals surface area contributed by atoms with Gasteiger partial charge in [-0.1, -0.05) is 62.4 Å². The van der Waals surface area contributed by atoms with Crippen molar-refractivity contribution in [3.8, 4) is 0 Å². The van der Waals surface area contributed by atoms with Gasteiger partial charge < -0.3 is 0 Å². The predicted octanol–water partition coefficient (Wildman–Crippen LogP) is 4.66. The third-order valence-corrected chi connectivity index (χ3v) is 3.95. The van der Waals surface area contributed by atoms with Gasteiger partial charge in [0.25, 0.3) is 0 Å². The molecule has 0 aromatic heterocycles. The van der Waals surface area contributed by atoms with Gasteiger partial charge in [-0.2, -0.15) is 0 Å². The zero-order chi connectivity index (χ0) is 15.9. The van der Waals surface area contributed by atoms with Gasteiger partial charge >= 0.3 is 0 Å². The van der Waals surface area contributed by atoms with Crippen molar-refractivity contribution in [3.05, 3.63) is 70.8 Å². The molecule has 0 unspecified atom stereocenters. The molecule has 0 atom stereocenters. The first-order valence-corrected chi connectivity index (χ1v) is 7.88. The summed E-state index contributed by atoms with van der Waals surface area (Å²) in [5.74, 6) is 0.0577. The van der Waals surface area contributed by atoms with E-state index in [9.17, 15) is 9.59 Å². The number of carbonyl (C=O) groups is 2. The van der Waals surface area contributed by atoms with Crippen LogP contribution in [0.25, 0.3) is 0 Å². The van der Waals surface area contributed by atoms with Crippen LogP contribution in [0.1, 0.15) is 58.5 Å². The minimum Gasteiger partial charge on any atom is -0.294 e. The summed E-state index contributed by atoms with van der Waals surface area (Å²) in [6.45, 7) is 4.17. The topological polar surface area (TPSA) is 34.1 Å². The Morgan fingerprint density at radius 3 is 1.23 bits per heavy atom. The lowest BCUT2D eigenvalue weighted by atomic mass is 9.99. The van der Waals surface area contributed by atoms with Gasteiger partial charge in [-0.25, -0.2) is 0 Å². The Labute approximate surface area is 132 Å². The molecule has 114 valence electrons. The summed E-state index contributed by atoms with van der Waals surface area (Å²) in [6, 6.07) is 15.3. The van der Waals surface area contributed by atoms with Crippen molar-refractivity contribution in [2.24, 2.45) is 0 Å². The molecule has 0 spiro atoms. The molecule has 0 aliphatic heterocycles. The van der Waals surface area contributed by atoms with E-state index >= 15 is 0 Å². The van der Waals surface area contributed by atoms with E-state index < -0.39 is 0 Å². The minimum absolute atomic E-state index is 0.0289. The van der Waals surface area contributed by atoms with E-state index in [0.29, 0.717) is 11.1 Å². The highest BCUT2D eigenvalue weighted by Crippen LogP contribution is 2.12. The Balaban J connectivity index is 1.92. The van der Waals surface area contributed by atoms with Crippen LogP contribution in [-0.2, 0) is 12.8 Å². The molecule has 2 aromatic carbocycles.